The second kappa shape index (κ2) is 7.41. The highest BCUT2D eigenvalue weighted by Gasteiger charge is 2.21. The number of nitro benzene ring substituents is 1. The van der Waals surface area contributed by atoms with Crippen LogP contribution in [0, 0.1) is 15.9 Å². The molecule has 0 spiro atoms. The van der Waals surface area contributed by atoms with Crippen LogP contribution in [0.3, 0.4) is 0 Å². The van der Waals surface area contributed by atoms with E-state index in [1.54, 1.807) is 0 Å². The van der Waals surface area contributed by atoms with Crippen molar-refractivity contribution in [3.8, 4) is 0 Å². The molecule has 0 heterocycles. The van der Waals surface area contributed by atoms with Crippen molar-refractivity contribution in [2.45, 2.75) is 17.4 Å². The highest BCUT2D eigenvalue weighted by molar-refractivity contribution is 7.89. The SMILES string of the molecule is COCC(O)CCNS(=O)(=O)c1ccc(F)c([N+](=O)[O-])c1. The third kappa shape index (κ3) is 5.01. The Kier molecular flexibility index (Phi) is 6.15. The van der Waals surface area contributed by atoms with Crippen LogP contribution in [-0.4, -0.2) is 44.8 Å². The number of hydrogen-bond donors (Lipinski definition) is 2. The number of methoxy groups -OCH3 is 1. The van der Waals surface area contributed by atoms with E-state index in [1.807, 2.05) is 0 Å². The van der Waals surface area contributed by atoms with Crippen LogP contribution >= 0.6 is 0 Å². The van der Waals surface area contributed by atoms with E-state index < -0.39 is 37.5 Å². The van der Waals surface area contributed by atoms with Gasteiger partial charge in [0.25, 0.3) is 0 Å². The Morgan fingerprint density at radius 3 is 2.76 bits per heavy atom. The summed E-state index contributed by atoms with van der Waals surface area (Å²) in [6, 6.07) is 2.28. The molecule has 1 aromatic rings. The van der Waals surface area contributed by atoms with Crippen molar-refractivity contribution in [3.63, 3.8) is 0 Å². The van der Waals surface area contributed by atoms with Crippen LogP contribution in [-0.2, 0) is 14.8 Å². The molecular formula is C11H15FN2O6S. The summed E-state index contributed by atoms with van der Waals surface area (Å²) in [6.07, 6.45) is -0.726. The van der Waals surface area contributed by atoms with Crippen molar-refractivity contribution in [1.82, 2.24) is 4.72 Å². The molecule has 118 valence electrons. The molecule has 8 nitrogen and oxygen atoms in total. The summed E-state index contributed by atoms with van der Waals surface area (Å²) in [5.41, 5.74) is -0.919. The lowest BCUT2D eigenvalue weighted by Gasteiger charge is -2.10. The van der Waals surface area contributed by atoms with Crippen molar-refractivity contribution in [3.05, 3.63) is 34.1 Å². The minimum Gasteiger partial charge on any atom is -0.391 e. The first-order valence-corrected chi connectivity index (χ1v) is 7.37. The fraction of sp³-hybridized carbons (Fsp3) is 0.455. The molecule has 10 heteroatoms. The monoisotopic (exact) mass is 322 g/mol. The van der Waals surface area contributed by atoms with Crippen molar-refractivity contribution in [1.29, 1.82) is 0 Å². The van der Waals surface area contributed by atoms with Crippen LogP contribution in [0.1, 0.15) is 6.42 Å². The lowest BCUT2D eigenvalue weighted by molar-refractivity contribution is -0.387. The first-order valence-electron chi connectivity index (χ1n) is 5.88. The Morgan fingerprint density at radius 2 is 2.19 bits per heavy atom. The average Bonchev–Trinajstić information content (AvgIpc) is 2.38. The van der Waals surface area contributed by atoms with Crippen LogP contribution in [0.25, 0.3) is 0 Å². The van der Waals surface area contributed by atoms with Gasteiger partial charge in [0.15, 0.2) is 0 Å². The summed E-state index contributed by atoms with van der Waals surface area (Å²) in [4.78, 5) is 9.16. The summed E-state index contributed by atoms with van der Waals surface area (Å²) >= 11 is 0. The average molecular weight is 322 g/mol. The molecule has 0 aliphatic carbocycles. The molecule has 21 heavy (non-hydrogen) atoms. The number of rotatable bonds is 8. The van der Waals surface area contributed by atoms with E-state index >= 15 is 0 Å². The molecule has 1 rings (SSSR count). The normalized spacial score (nSPS) is 13.1. The smallest absolute Gasteiger partial charge is 0.306 e. The van der Waals surface area contributed by atoms with Crippen LogP contribution in [0.5, 0.6) is 0 Å². The van der Waals surface area contributed by atoms with Gasteiger partial charge in [-0.3, -0.25) is 10.1 Å². The van der Waals surface area contributed by atoms with Crippen molar-refractivity contribution >= 4 is 15.7 Å². The van der Waals surface area contributed by atoms with Gasteiger partial charge in [0, 0.05) is 19.7 Å². The first kappa shape index (κ1) is 17.4. The summed E-state index contributed by atoms with van der Waals surface area (Å²) in [7, 11) is -2.62. The molecule has 1 aromatic carbocycles. The van der Waals surface area contributed by atoms with Crippen LogP contribution < -0.4 is 4.72 Å². The largest absolute Gasteiger partial charge is 0.391 e. The van der Waals surface area contributed by atoms with Gasteiger partial charge < -0.3 is 9.84 Å². The van der Waals surface area contributed by atoms with E-state index in [0.29, 0.717) is 12.1 Å². The predicted octanol–water partition coefficient (Wildman–Crippen LogP) is 0.410. The third-order valence-electron chi connectivity index (χ3n) is 2.55. The molecule has 1 unspecified atom stereocenters. The number of aliphatic hydroxyl groups is 1. The highest BCUT2D eigenvalue weighted by Crippen LogP contribution is 2.21. The Morgan fingerprint density at radius 1 is 1.52 bits per heavy atom. The summed E-state index contributed by atoms with van der Waals surface area (Å²) < 4.78 is 43.8. The Hall–Kier alpha value is -1.62. The van der Waals surface area contributed by atoms with Crippen LogP contribution in [0.15, 0.2) is 23.1 Å². The second-order valence-electron chi connectivity index (χ2n) is 4.17. The van der Waals surface area contributed by atoms with Gasteiger partial charge in [0.05, 0.1) is 22.5 Å². The third-order valence-corrected chi connectivity index (χ3v) is 4.01. The zero-order chi connectivity index (χ0) is 16.0. The maximum absolute atomic E-state index is 13.1. The molecule has 0 fully saturated rings. The van der Waals surface area contributed by atoms with E-state index in [0.717, 1.165) is 6.07 Å². The van der Waals surface area contributed by atoms with E-state index in [4.69, 9.17) is 0 Å². The molecule has 0 saturated carbocycles. The van der Waals surface area contributed by atoms with Gasteiger partial charge in [-0.05, 0) is 18.6 Å². The molecule has 0 aliphatic rings. The van der Waals surface area contributed by atoms with Gasteiger partial charge in [-0.2, -0.15) is 4.39 Å². The van der Waals surface area contributed by atoms with E-state index in [2.05, 4.69) is 9.46 Å². The maximum Gasteiger partial charge on any atom is 0.306 e. The van der Waals surface area contributed by atoms with Gasteiger partial charge in [-0.1, -0.05) is 0 Å². The number of nitro groups is 1. The number of hydrogen-bond acceptors (Lipinski definition) is 6. The van der Waals surface area contributed by atoms with Crippen molar-refractivity contribution < 1.29 is 27.6 Å². The van der Waals surface area contributed by atoms with Crippen LogP contribution in [0.4, 0.5) is 10.1 Å². The molecule has 0 saturated heterocycles. The van der Waals surface area contributed by atoms with Gasteiger partial charge in [-0.15, -0.1) is 0 Å². The fourth-order valence-corrected chi connectivity index (χ4v) is 2.59. The quantitative estimate of drug-likeness (QED) is 0.528. The van der Waals surface area contributed by atoms with E-state index in [9.17, 15) is 28.0 Å². The van der Waals surface area contributed by atoms with Gasteiger partial charge in [0.1, 0.15) is 0 Å². The van der Waals surface area contributed by atoms with Gasteiger partial charge in [0.2, 0.25) is 15.8 Å². The first-order chi connectivity index (χ1) is 9.77. The molecule has 0 aromatic heterocycles. The summed E-state index contributed by atoms with van der Waals surface area (Å²) in [5.74, 6) is -1.12. The van der Waals surface area contributed by atoms with Crippen molar-refractivity contribution in [2.24, 2.45) is 0 Å². The molecule has 0 amide bonds. The minimum absolute atomic E-state index is 0.0593. The number of nitrogens with zero attached hydrogens (tertiary/aromatic N) is 1. The minimum atomic E-state index is -4.02. The maximum atomic E-state index is 13.1. The summed E-state index contributed by atoms with van der Waals surface area (Å²) in [6.45, 7) is -0.0260. The van der Waals surface area contributed by atoms with Gasteiger partial charge in [-0.25, -0.2) is 13.1 Å². The molecule has 0 aliphatic heterocycles. The molecule has 0 bridgehead atoms. The Labute approximate surface area is 120 Å². The second-order valence-corrected chi connectivity index (χ2v) is 5.93. The molecular weight excluding hydrogens is 307 g/mol. The number of ether oxygens (including phenoxy) is 1. The number of aliphatic hydroxyl groups excluding tert-OH is 1. The number of benzene rings is 1. The van der Waals surface area contributed by atoms with Crippen LogP contribution in [0.2, 0.25) is 0 Å². The number of sulfonamides is 1. The molecule has 0 radical (unpaired) electrons. The highest BCUT2D eigenvalue weighted by atomic mass is 32.2. The zero-order valence-electron chi connectivity index (χ0n) is 11.2. The van der Waals surface area contributed by atoms with Crippen molar-refractivity contribution in [2.75, 3.05) is 20.3 Å². The van der Waals surface area contributed by atoms with E-state index in [-0.39, 0.29) is 19.6 Å². The summed E-state index contributed by atoms with van der Waals surface area (Å²) in [5, 5.41) is 20.0. The number of nitrogens with one attached hydrogen (secondary N) is 1. The topological polar surface area (TPSA) is 119 Å². The number of halogens is 1. The fourth-order valence-electron chi connectivity index (χ4n) is 1.52. The van der Waals surface area contributed by atoms with E-state index in [1.165, 1.54) is 7.11 Å². The lowest BCUT2D eigenvalue weighted by atomic mass is 10.3. The standard InChI is InChI=1S/C11H15FN2O6S/c1-20-7-8(15)4-5-13-21(18,19)9-2-3-10(12)11(6-9)14(16)17/h2-3,6,8,13,15H,4-5,7H2,1H3. The Balaban J connectivity index is 2.79. The van der Waals surface area contributed by atoms with Gasteiger partial charge >= 0.3 is 5.69 Å². The Bertz CT molecular complexity index is 607. The lowest BCUT2D eigenvalue weighted by Crippen LogP contribution is -2.28. The molecule has 1 atom stereocenters. The predicted molar refractivity (Wildman–Crippen MR) is 70.7 cm³/mol. The molecule has 2 N–H and O–H groups in total. The zero-order valence-corrected chi connectivity index (χ0v) is 12.0.